The van der Waals surface area contributed by atoms with Crippen molar-refractivity contribution in [2.24, 2.45) is 5.92 Å². The summed E-state index contributed by atoms with van der Waals surface area (Å²) in [5, 5.41) is 3.11. The SMILES string of the molecule is COC(=O)C1CCC(NC(=O)c2cc(Cl)ccc2F)CC1. The summed E-state index contributed by atoms with van der Waals surface area (Å²) < 4.78 is 18.3. The number of methoxy groups -OCH3 is 1. The molecule has 0 spiro atoms. The van der Waals surface area contributed by atoms with Gasteiger partial charge in [0.2, 0.25) is 0 Å². The van der Waals surface area contributed by atoms with E-state index >= 15 is 0 Å². The first-order valence-electron chi connectivity index (χ1n) is 6.85. The van der Waals surface area contributed by atoms with Gasteiger partial charge in [0.05, 0.1) is 18.6 Å². The van der Waals surface area contributed by atoms with E-state index < -0.39 is 11.7 Å². The fourth-order valence-corrected chi connectivity index (χ4v) is 2.75. The smallest absolute Gasteiger partial charge is 0.308 e. The van der Waals surface area contributed by atoms with E-state index in [2.05, 4.69) is 5.32 Å². The van der Waals surface area contributed by atoms with E-state index in [0.29, 0.717) is 30.7 Å². The van der Waals surface area contributed by atoms with Crippen LogP contribution in [0.1, 0.15) is 36.0 Å². The van der Waals surface area contributed by atoms with Crippen LogP contribution in [0.5, 0.6) is 0 Å². The fourth-order valence-electron chi connectivity index (χ4n) is 2.57. The molecule has 1 N–H and O–H groups in total. The van der Waals surface area contributed by atoms with E-state index in [4.69, 9.17) is 16.3 Å². The van der Waals surface area contributed by atoms with Gasteiger partial charge in [0, 0.05) is 11.1 Å². The molecule has 1 amide bonds. The molecule has 1 saturated carbocycles. The maximum atomic E-state index is 13.6. The monoisotopic (exact) mass is 313 g/mol. The van der Waals surface area contributed by atoms with Crippen molar-refractivity contribution in [1.29, 1.82) is 0 Å². The second kappa shape index (κ2) is 6.89. The molecule has 1 aliphatic carbocycles. The Bertz CT molecular complexity index is 542. The number of carbonyl (C=O) groups excluding carboxylic acids is 2. The van der Waals surface area contributed by atoms with Crippen LogP contribution >= 0.6 is 11.6 Å². The number of esters is 1. The van der Waals surface area contributed by atoms with E-state index in [1.165, 1.54) is 25.3 Å². The van der Waals surface area contributed by atoms with Crippen LogP contribution < -0.4 is 5.32 Å². The minimum absolute atomic E-state index is 0.0578. The van der Waals surface area contributed by atoms with Gasteiger partial charge in [-0.3, -0.25) is 9.59 Å². The van der Waals surface area contributed by atoms with Gasteiger partial charge in [-0.05, 0) is 43.9 Å². The molecule has 0 heterocycles. The van der Waals surface area contributed by atoms with Gasteiger partial charge in [-0.15, -0.1) is 0 Å². The molecule has 1 fully saturated rings. The van der Waals surface area contributed by atoms with Crippen LogP contribution in [0.4, 0.5) is 4.39 Å². The highest BCUT2D eigenvalue weighted by Gasteiger charge is 2.28. The van der Waals surface area contributed by atoms with E-state index in [-0.39, 0.29) is 23.5 Å². The predicted octanol–water partition coefficient (Wildman–Crippen LogP) is 2.94. The molecule has 0 radical (unpaired) electrons. The molecule has 0 aromatic heterocycles. The zero-order chi connectivity index (χ0) is 15.4. The molecular weight excluding hydrogens is 297 g/mol. The molecular formula is C15H17ClFNO3. The molecule has 21 heavy (non-hydrogen) atoms. The molecule has 0 bridgehead atoms. The summed E-state index contributed by atoms with van der Waals surface area (Å²) >= 11 is 5.78. The average Bonchev–Trinajstić information content (AvgIpc) is 2.49. The molecule has 1 aliphatic rings. The van der Waals surface area contributed by atoms with E-state index in [1.54, 1.807) is 0 Å². The maximum absolute atomic E-state index is 13.6. The van der Waals surface area contributed by atoms with Crippen LogP contribution in [0.15, 0.2) is 18.2 Å². The van der Waals surface area contributed by atoms with Crippen molar-refractivity contribution in [3.05, 3.63) is 34.6 Å². The van der Waals surface area contributed by atoms with Crippen LogP contribution in [-0.4, -0.2) is 25.0 Å². The number of benzene rings is 1. The van der Waals surface area contributed by atoms with Gasteiger partial charge in [0.1, 0.15) is 5.82 Å². The van der Waals surface area contributed by atoms with Gasteiger partial charge in [-0.25, -0.2) is 4.39 Å². The zero-order valence-corrected chi connectivity index (χ0v) is 12.5. The second-order valence-corrected chi connectivity index (χ2v) is 5.61. The van der Waals surface area contributed by atoms with Gasteiger partial charge in [0.15, 0.2) is 0 Å². The Morgan fingerprint density at radius 2 is 1.95 bits per heavy atom. The molecule has 6 heteroatoms. The molecule has 0 saturated heterocycles. The standard InChI is InChI=1S/C15H17ClFNO3/c1-21-15(20)9-2-5-11(6-3-9)18-14(19)12-8-10(16)4-7-13(12)17/h4,7-9,11H,2-3,5-6H2,1H3,(H,18,19). The third-order valence-electron chi connectivity index (χ3n) is 3.77. The molecule has 0 aliphatic heterocycles. The topological polar surface area (TPSA) is 55.4 Å². The van der Waals surface area contributed by atoms with Crippen LogP contribution in [-0.2, 0) is 9.53 Å². The average molecular weight is 314 g/mol. The van der Waals surface area contributed by atoms with E-state index in [9.17, 15) is 14.0 Å². The number of halogens is 2. The lowest BCUT2D eigenvalue weighted by atomic mass is 9.86. The van der Waals surface area contributed by atoms with Gasteiger partial charge in [-0.1, -0.05) is 11.6 Å². The fraction of sp³-hybridized carbons (Fsp3) is 0.467. The normalized spacial score (nSPS) is 21.7. The van der Waals surface area contributed by atoms with E-state index in [0.717, 1.165) is 0 Å². The highest BCUT2D eigenvalue weighted by Crippen LogP contribution is 2.25. The number of hydrogen-bond donors (Lipinski definition) is 1. The lowest BCUT2D eigenvalue weighted by Crippen LogP contribution is -2.39. The summed E-state index contributed by atoms with van der Waals surface area (Å²) in [6, 6.07) is 3.82. The number of ether oxygens (including phenoxy) is 1. The summed E-state index contributed by atoms with van der Waals surface area (Å²) in [5.41, 5.74) is -0.0578. The van der Waals surface area contributed by atoms with Crippen molar-refractivity contribution < 1.29 is 18.7 Å². The van der Waals surface area contributed by atoms with Crippen molar-refractivity contribution in [2.45, 2.75) is 31.7 Å². The largest absolute Gasteiger partial charge is 0.469 e. The molecule has 2 rings (SSSR count). The number of rotatable bonds is 3. The lowest BCUT2D eigenvalue weighted by molar-refractivity contribution is -0.146. The Kier molecular flexibility index (Phi) is 5.17. The first-order chi connectivity index (χ1) is 10.0. The van der Waals surface area contributed by atoms with Crippen molar-refractivity contribution in [1.82, 2.24) is 5.32 Å². The van der Waals surface area contributed by atoms with Crippen LogP contribution in [0.25, 0.3) is 0 Å². The van der Waals surface area contributed by atoms with Crippen molar-refractivity contribution in [3.63, 3.8) is 0 Å². The Morgan fingerprint density at radius 1 is 1.29 bits per heavy atom. The third-order valence-corrected chi connectivity index (χ3v) is 4.01. The van der Waals surface area contributed by atoms with Crippen molar-refractivity contribution >= 4 is 23.5 Å². The summed E-state index contributed by atoms with van der Waals surface area (Å²) in [7, 11) is 1.37. The van der Waals surface area contributed by atoms with Gasteiger partial charge < -0.3 is 10.1 Å². The molecule has 114 valence electrons. The first-order valence-corrected chi connectivity index (χ1v) is 7.22. The Labute approximate surface area is 127 Å². The maximum Gasteiger partial charge on any atom is 0.308 e. The summed E-state index contributed by atoms with van der Waals surface area (Å²) in [6.45, 7) is 0. The number of carbonyl (C=O) groups is 2. The zero-order valence-electron chi connectivity index (χ0n) is 11.7. The van der Waals surface area contributed by atoms with E-state index in [1.807, 2.05) is 0 Å². The van der Waals surface area contributed by atoms with Gasteiger partial charge >= 0.3 is 5.97 Å². The minimum Gasteiger partial charge on any atom is -0.469 e. The molecule has 0 unspecified atom stereocenters. The van der Waals surface area contributed by atoms with Crippen molar-refractivity contribution in [2.75, 3.05) is 7.11 Å². The highest BCUT2D eigenvalue weighted by molar-refractivity contribution is 6.31. The first kappa shape index (κ1) is 15.8. The number of amides is 1. The Hall–Kier alpha value is -1.62. The highest BCUT2D eigenvalue weighted by atomic mass is 35.5. The molecule has 4 nitrogen and oxygen atoms in total. The van der Waals surface area contributed by atoms with Crippen LogP contribution in [0.3, 0.4) is 0 Å². The third kappa shape index (κ3) is 3.94. The number of hydrogen-bond acceptors (Lipinski definition) is 3. The van der Waals surface area contributed by atoms with Crippen LogP contribution in [0, 0.1) is 11.7 Å². The van der Waals surface area contributed by atoms with Gasteiger partial charge in [-0.2, -0.15) is 0 Å². The minimum atomic E-state index is -0.597. The summed E-state index contributed by atoms with van der Waals surface area (Å²) in [5.74, 6) is -1.39. The predicted molar refractivity (Wildman–Crippen MR) is 76.6 cm³/mol. The Morgan fingerprint density at radius 3 is 2.57 bits per heavy atom. The van der Waals surface area contributed by atoms with Crippen molar-refractivity contribution in [3.8, 4) is 0 Å². The molecule has 1 aromatic rings. The summed E-state index contributed by atoms with van der Waals surface area (Å²) in [4.78, 5) is 23.5. The lowest BCUT2D eigenvalue weighted by Gasteiger charge is -2.27. The second-order valence-electron chi connectivity index (χ2n) is 5.17. The molecule has 1 aromatic carbocycles. The summed E-state index contributed by atoms with van der Waals surface area (Å²) in [6.07, 6.45) is 2.67. The Balaban J connectivity index is 1.93. The molecule has 0 atom stereocenters. The van der Waals surface area contributed by atoms with Crippen LogP contribution in [0.2, 0.25) is 5.02 Å². The van der Waals surface area contributed by atoms with Gasteiger partial charge in [0.25, 0.3) is 5.91 Å². The number of nitrogens with one attached hydrogen (secondary N) is 1. The quantitative estimate of drug-likeness (QED) is 0.873.